The molecule has 0 aliphatic heterocycles. The number of benzene rings is 3. The van der Waals surface area contributed by atoms with Crippen LogP contribution in [-0.4, -0.2) is 67.9 Å². The topological polar surface area (TPSA) is 169 Å². The van der Waals surface area contributed by atoms with Gasteiger partial charge in [-0.2, -0.15) is 5.10 Å². The van der Waals surface area contributed by atoms with E-state index in [1.165, 1.54) is 31.4 Å². The van der Waals surface area contributed by atoms with Crippen molar-refractivity contribution in [1.82, 2.24) is 25.7 Å². The van der Waals surface area contributed by atoms with Crippen LogP contribution in [0.4, 0.5) is 5.69 Å². The molecule has 0 aliphatic carbocycles. The molecule has 0 spiro atoms. The Balaban J connectivity index is 1.63. The molecular weight excluding hydrogens is 618 g/mol. The molecule has 0 saturated carbocycles. The first-order valence-corrected chi connectivity index (χ1v) is 17.1. The zero-order valence-electron chi connectivity index (χ0n) is 26.9. The lowest BCUT2D eigenvalue weighted by atomic mass is 9.98. The summed E-state index contributed by atoms with van der Waals surface area (Å²) in [6.45, 7) is 4.33. The number of aromatic nitrogens is 2. The normalized spacial score (nSPS) is 13.2. The zero-order valence-corrected chi connectivity index (χ0v) is 27.7. The summed E-state index contributed by atoms with van der Waals surface area (Å²) >= 11 is 0. The Hall–Kier alpha value is -5.01. The van der Waals surface area contributed by atoms with Crippen molar-refractivity contribution < 1.29 is 22.8 Å². The Morgan fingerprint density at radius 3 is 2.09 bits per heavy atom. The molecule has 1 aromatic heterocycles. The van der Waals surface area contributed by atoms with Gasteiger partial charge in [0.15, 0.2) is 0 Å². The van der Waals surface area contributed by atoms with Gasteiger partial charge in [-0.3, -0.25) is 23.4 Å². The molecular formula is C34H41N7O5S. The predicted molar refractivity (Wildman–Crippen MR) is 182 cm³/mol. The van der Waals surface area contributed by atoms with E-state index in [0.717, 1.165) is 21.7 Å². The van der Waals surface area contributed by atoms with E-state index in [4.69, 9.17) is 5.73 Å². The van der Waals surface area contributed by atoms with Crippen molar-refractivity contribution in [3.8, 4) is 0 Å². The summed E-state index contributed by atoms with van der Waals surface area (Å²) in [4.78, 5) is 39.5. The van der Waals surface area contributed by atoms with E-state index in [1.54, 1.807) is 10.9 Å². The molecule has 0 aliphatic rings. The Morgan fingerprint density at radius 1 is 0.894 bits per heavy atom. The van der Waals surface area contributed by atoms with Crippen LogP contribution < -0.4 is 26.0 Å². The number of nitrogens with two attached hydrogens (primary N) is 1. The molecule has 4 rings (SSSR count). The molecule has 12 nitrogen and oxygen atoms in total. The van der Waals surface area contributed by atoms with Crippen molar-refractivity contribution in [3.63, 3.8) is 0 Å². The van der Waals surface area contributed by atoms with E-state index >= 15 is 0 Å². The summed E-state index contributed by atoms with van der Waals surface area (Å²) in [5.41, 5.74) is 9.21. The quantitative estimate of drug-likeness (QED) is 0.161. The van der Waals surface area contributed by atoms with Gasteiger partial charge in [0.25, 0.3) is 17.7 Å². The van der Waals surface area contributed by atoms with Crippen molar-refractivity contribution in [2.75, 3.05) is 24.2 Å². The molecule has 0 saturated heterocycles. The molecule has 3 amide bonds. The first kappa shape index (κ1) is 34.9. The molecule has 0 bridgehead atoms. The summed E-state index contributed by atoms with van der Waals surface area (Å²) in [5.74, 6) is -1.27. The van der Waals surface area contributed by atoms with Gasteiger partial charge in [0.05, 0.1) is 42.3 Å². The molecule has 0 fully saturated rings. The van der Waals surface area contributed by atoms with Gasteiger partial charge in [-0.1, -0.05) is 60.7 Å². The highest BCUT2D eigenvalue weighted by Gasteiger charge is 2.25. The van der Waals surface area contributed by atoms with Crippen molar-refractivity contribution in [2.24, 2.45) is 5.73 Å². The lowest BCUT2D eigenvalue weighted by Crippen LogP contribution is -2.51. The number of hydrogen-bond donors (Lipinski definition) is 4. The monoisotopic (exact) mass is 659 g/mol. The smallest absolute Gasteiger partial charge is 0.254 e. The fraction of sp³-hybridized carbons (Fsp3) is 0.294. The molecule has 3 aromatic carbocycles. The van der Waals surface area contributed by atoms with E-state index < -0.39 is 33.9 Å². The second-order valence-electron chi connectivity index (χ2n) is 11.3. The number of carbonyl (C=O) groups excluding carboxylic acids is 3. The van der Waals surface area contributed by atoms with Gasteiger partial charge in [-0.25, -0.2) is 8.42 Å². The van der Waals surface area contributed by atoms with Gasteiger partial charge in [0, 0.05) is 37.0 Å². The highest BCUT2D eigenvalue weighted by Crippen LogP contribution is 2.22. The van der Waals surface area contributed by atoms with Crippen LogP contribution in [-0.2, 0) is 23.0 Å². The third-order valence-corrected chi connectivity index (χ3v) is 8.92. The molecule has 0 radical (unpaired) electrons. The number of amides is 3. The van der Waals surface area contributed by atoms with Crippen LogP contribution in [0.25, 0.3) is 0 Å². The maximum absolute atomic E-state index is 13.9. The molecule has 1 heterocycles. The van der Waals surface area contributed by atoms with E-state index in [0.29, 0.717) is 18.5 Å². The summed E-state index contributed by atoms with van der Waals surface area (Å²) in [6.07, 6.45) is 4.47. The van der Waals surface area contributed by atoms with Gasteiger partial charge in [0.1, 0.15) is 0 Å². The summed E-state index contributed by atoms with van der Waals surface area (Å²) < 4.78 is 27.5. The molecule has 0 unspecified atom stereocenters. The molecule has 4 aromatic rings. The Bertz CT molecular complexity index is 1800. The average molecular weight is 660 g/mol. The van der Waals surface area contributed by atoms with Crippen LogP contribution in [0.1, 0.15) is 62.1 Å². The van der Waals surface area contributed by atoms with Crippen molar-refractivity contribution in [3.05, 3.63) is 119 Å². The van der Waals surface area contributed by atoms with Crippen LogP contribution in [0.15, 0.2) is 91.3 Å². The summed E-state index contributed by atoms with van der Waals surface area (Å²) in [6, 6.07) is 21.6. The summed E-state index contributed by atoms with van der Waals surface area (Å²) in [7, 11) is -2.36. The third-order valence-electron chi connectivity index (χ3n) is 7.71. The van der Waals surface area contributed by atoms with Gasteiger partial charge in [0.2, 0.25) is 10.0 Å². The Labute approximate surface area is 275 Å². The third kappa shape index (κ3) is 9.50. The van der Waals surface area contributed by atoms with E-state index in [9.17, 15) is 22.8 Å². The number of rotatable bonds is 14. The molecule has 47 heavy (non-hydrogen) atoms. The average Bonchev–Trinajstić information content (AvgIpc) is 3.53. The number of hydrogen-bond acceptors (Lipinski definition) is 7. The van der Waals surface area contributed by atoms with Crippen LogP contribution >= 0.6 is 0 Å². The second-order valence-corrected chi connectivity index (χ2v) is 13.4. The fourth-order valence-corrected chi connectivity index (χ4v) is 5.46. The first-order valence-electron chi connectivity index (χ1n) is 15.2. The lowest BCUT2D eigenvalue weighted by molar-refractivity contribution is 0.0926. The minimum atomic E-state index is -3.71. The number of nitrogens with zero attached hydrogens (tertiary/aromatic N) is 3. The lowest BCUT2D eigenvalue weighted by Gasteiger charge is -2.26. The van der Waals surface area contributed by atoms with E-state index in [-0.39, 0.29) is 35.3 Å². The van der Waals surface area contributed by atoms with Gasteiger partial charge >= 0.3 is 0 Å². The molecule has 248 valence electrons. The van der Waals surface area contributed by atoms with Gasteiger partial charge < -0.3 is 21.7 Å². The minimum absolute atomic E-state index is 0.0818. The number of nitrogens with one attached hydrogen (secondary N) is 3. The standard InChI is InChI=1S/C34H41N7O5S/c1-5-36-32(42)28-20-37-41(21-28)22-30(35)31(16-24-12-8-6-9-13-24)39-34(44)27-17-26(18-29(19-27)40(3)47(4,45)46)33(43)38-23(2)25-14-10-7-11-15-25/h6-15,17-21,23,30-31H,5,16,22,35H2,1-4H3,(H,36,42)(H,38,43)(H,39,44)/t23-,30+,31+/m1/s1. The van der Waals surface area contributed by atoms with Crippen molar-refractivity contribution >= 4 is 33.4 Å². The molecule has 5 N–H and O–H groups in total. The van der Waals surface area contributed by atoms with Crippen molar-refractivity contribution in [1.29, 1.82) is 0 Å². The van der Waals surface area contributed by atoms with Gasteiger partial charge in [-0.15, -0.1) is 0 Å². The highest BCUT2D eigenvalue weighted by molar-refractivity contribution is 7.92. The largest absolute Gasteiger partial charge is 0.352 e. The van der Waals surface area contributed by atoms with Gasteiger partial charge in [-0.05, 0) is 49.6 Å². The first-order chi connectivity index (χ1) is 22.3. The molecule has 3 atom stereocenters. The van der Waals surface area contributed by atoms with Crippen molar-refractivity contribution in [2.45, 2.75) is 44.9 Å². The van der Waals surface area contributed by atoms with E-state index in [1.807, 2.05) is 74.5 Å². The highest BCUT2D eigenvalue weighted by atomic mass is 32.2. The maximum Gasteiger partial charge on any atom is 0.254 e. The second kappa shape index (κ2) is 15.5. The zero-order chi connectivity index (χ0) is 34.1. The van der Waals surface area contributed by atoms with Crippen LogP contribution in [0.2, 0.25) is 0 Å². The van der Waals surface area contributed by atoms with E-state index in [2.05, 4.69) is 21.0 Å². The number of carbonyl (C=O) groups is 3. The minimum Gasteiger partial charge on any atom is -0.352 e. The Kier molecular flexibility index (Phi) is 11.5. The fourth-order valence-electron chi connectivity index (χ4n) is 4.97. The maximum atomic E-state index is 13.9. The summed E-state index contributed by atoms with van der Waals surface area (Å²) in [5, 5.41) is 12.9. The van der Waals surface area contributed by atoms with Crippen LogP contribution in [0.3, 0.4) is 0 Å². The molecule has 13 heteroatoms. The van der Waals surface area contributed by atoms with Crippen LogP contribution in [0, 0.1) is 0 Å². The Morgan fingerprint density at radius 2 is 1.49 bits per heavy atom. The SMILES string of the molecule is CCNC(=O)c1cnn(C[C@H](N)[C@H](Cc2ccccc2)NC(=O)c2cc(C(=O)N[C@H](C)c3ccccc3)cc(N(C)S(C)(=O)=O)c2)c1. The number of anilines is 1. The van der Waals surface area contributed by atoms with Crippen LogP contribution in [0.5, 0.6) is 0 Å². The number of sulfonamides is 1. The predicted octanol–water partition coefficient (Wildman–Crippen LogP) is 2.89.